The Labute approximate surface area is 166 Å². The fourth-order valence-electron chi connectivity index (χ4n) is 3.14. The summed E-state index contributed by atoms with van der Waals surface area (Å²) in [6.07, 6.45) is -2.94. The van der Waals surface area contributed by atoms with E-state index in [1.54, 1.807) is 19.9 Å². The molecule has 1 saturated carbocycles. The summed E-state index contributed by atoms with van der Waals surface area (Å²) in [5.74, 6) is -1.60. The van der Waals surface area contributed by atoms with Gasteiger partial charge in [0.1, 0.15) is 6.54 Å². The van der Waals surface area contributed by atoms with Crippen LogP contribution in [-0.2, 0) is 9.53 Å². The van der Waals surface area contributed by atoms with Gasteiger partial charge in [0.2, 0.25) is 0 Å². The van der Waals surface area contributed by atoms with E-state index in [0.29, 0.717) is 11.0 Å². The van der Waals surface area contributed by atoms with E-state index in [0.717, 1.165) is 29.1 Å². The van der Waals surface area contributed by atoms with E-state index >= 15 is 0 Å². The van der Waals surface area contributed by atoms with E-state index in [4.69, 9.17) is 4.74 Å². The first-order chi connectivity index (χ1) is 13.5. The number of hydrogen-bond donors (Lipinski definition) is 0. The number of nitrogens with zero attached hydrogens (tertiary/aromatic N) is 3. The monoisotopic (exact) mass is 409 g/mol. The summed E-state index contributed by atoms with van der Waals surface area (Å²) >= 11 is 0. The maximum Gasteiger partial charge on any atom is 0.406 e. The number of rotatable bonds is 6. The summed E-state index contributed by atoms with van der Waals surface area (Å²) in [5, 5.41) is 0. The van der Waals surface area contributed by atoms with E-state index in [-0.39, 0.29) is 11.5 Å². The first kappa shape index (κ1) is 21.0. The number of benzene rings is 1. The number of esters is 1. The summed E-state index contributed by atoms with van der Waals surface area (Å²) in [4.78, 5) is 34.1. The van der Waals surface area contributed by atoms with Gasteiger partial charge in [-0.3, -0.25) is 4.79 Å². The molecule has 0 saturated heterocycles. The Hall–Kier alpha value is -2.71. The predicted molar refractivity (Wildman–Crippen MR) is 99.2 cm³/mol. The Morgan fingerprint density at radius 2 is 1.79 bits per heavy atom. The SMILES string of the molecule is Cc1nc2ccc(C(=O)OCC(=O)N(CC(F)(F)F)[C@H](C)C3CC3)cc2nc1C. The van der Waals surface area contributed by atoms with E-state index in [1.165, 1.54) is 12.1 Å². The van der Waals surface area contributed by atoms with Gasteiger partial charge in [-0.2, -0.15) is 13.2 Å². The normalized spacial score (nSPS) is 15.2. The van der Waals surface area contributed by atoms with Crippen molar-refractivity contribution in [1.82, 2.24) is 14.9 Å². The molecule has 0 aliphatic heterocycles. The van der Waals surface area contributed by atoms with Gasteiger partial charge in [-0.25, -0.2) is 14.8 Å². The Bertz CT molecular complexity index is 942. The van der Waals surface area contributed by atoms with E-state index in [1.807, 2.05) is 6.92 Å². The summed E-state index contributed by atoms with van der Waals surface area (Å²) in [7, 11) is 0. The van der Waals surface area contributed by atoms with Crippen LogP contribution in [0.5, 0.6) is 0 Å². The Balaban J connectivity index is 1.68. The number of carbonyl (C=O) groups is 2. The van der Waals surface area contributed by atoms with Crippen molar-refractivity contribution < 1.29 is 27.5 Å². The van der Waals surface area contributed by atoms with Gasteiger partial charge in [-0.15, -0.1) is 0 Å². The highest BCUT2D eigenvalue weighted by Gasteiger charge is 2.40. The van der Waals surface area contributed by atoms with Gasteiger partial charge < -0.3 is 9.64 Å². The van der Waals surface area contributed by atoms with Crippen LogP contribution in [0.4, 0.5) is 13.2 Å². The minimum atomic E-state index is -4.52. The average Bonchev–Trinajstić information content (AvgIpc) is 3.48. The van der Waals surface area contributed by atoms with Crippen LogP contribution in [-0.4, -0.2) is 52.1 Å². The van der Waals surface area contributed by atoms with Crippen LogP contribution < -0.4 is 0 Å². The van der Waals surface area contributed by atoms with Gasteiger partial charge in [0.25, 0.3) is 5.91 Å². The molecule has 1 amide bonds. The summed E-state index contributed by atoms with van der Waals surface area (Å²) < 4.78 is 43.6. The minimum Gasteiger partial charge on any atom is -0.452 e. The average molecular weight is 409 g/mol. The molecule has 6 nitrogen and oxygen atoms in total. The molecule has 1 heterocycles. The van der Waals surface area contributed by atoms with Crippen LogP contribution in [0.2, 0.25) is 0 Å². The maximum atomic E-state index is 12.9. The highest BCUT2D eigenvalue weighted by molar-refractivity contribution is 5.94. The number of ether oxygens (including phenoxy) is 1. The van der Waals surface area contributed by atoms with E-state index in [2.05, 4.69) is 9.97 Å². The maximum absolute atomic E-state index is 12.9. The van der Waals surface area contributed by atoms with Crippen LogP contribution >= 0.6 is 0 Å². The molecular weight excluding hydrogens is 387 g/mol. The highest BCUT2D eigenvalue weighted by atomic mass is 19.4. The molecule has 0 N–H and O–H groups in total. The zero-order valence-electron chi connectivity index (χ0n) is 16.4. The first-order valence-electron chi connectivity index (χ1n) is 9.33. The Kier molecular flexibility index (Phi) is 5.77. The van der Waals surface area contributed by atoms with Gasteiger partial charge in [0.05, 0.1) is 28.0 Å². The number of alkyl halides is 3. The van der Waals surface area contributed by atoms with Crippen molar-refractivity contribution in [3.63, 3.8) is 0 Å². The minimum absolute atomic E-state index is 0.0581. The molecule has 1 aromatic carbocycles. The fraction of sp³-hybridized carbons (Fsp3) is 0.500. The third kappa shape index (κ3) is 5.21. The van der Waals surface area contributed by atoms with Gasteiger partial charge in [0, 0.05) is 6.04 Å². The van der Waals surface area contributed by atoms with Crippen molar-refractivity contribution >= 4 is 22.9 Å². The number of fused-ring (bicyclic) bond motifs is 1. The largest absolute Gasteiger partial charge is 0.452 e. The molecule has 1 aliphatic carbocycles. The van der Waals surface area contributed by atoms with Crippen molar-refractivity contribution in [2.45, 2.75) is 45.8 Å². The second-order valence-electron chi connectivity index (χ2n) is 7.39. The van der Waals surface area contributed by atoms with Crippen molar-refractivity contribution in [3.8, 4) is 0 Å². The number of aromatic nitrogens is 2. The Morgan fingerprint density at radius 1 is 1.17 bits per heavy atom. The molecular formula is C20H22F3N3O3. The van der Waals surface area contributed by atoms with Crippen LogP contribution in [0.1, 0.15) is 41.5 Å². The summed E-state index contributed by atoms with van der Waals surface area (Å²) in [6, 6.07) is 4.03. The van der Waals surface area contributed by atoms with Crippen LogP contribution in [0.25, 0.3) is 11.0 Å². The van der Waals surface area contributed by atoms with Crippen molar-refractivity contribution in [3.05, 3.63) is 35.2 Å². The number of carbonyl (C=O) groups excluding carboxylic acids is 2. The highest BCUT2D eigenvalue weighted by Crippen LogP contribution is 2.36. The van der Waals surface area contributed by atoms with Crippen LogP contribution in [0.15, 0.2) is 18.2 Å². The molecule has 9 heteroatoms. The molecule has 1 aromatic heterocycles. The molecule has 1 fully saturated rings. The molecule has 3 rings (SSSR count). The van der Waals surface area contributed by atoms with Gasteiger partial charge >= 0.3 is 12.1 Å². The van der Waals surface area contributed by atoms with Crippen molar-refractivity contribution in [2.24, 2.45) is 5.92 Å². The quantitative estimate of drug-likeness (QED) is 0.682. The third-order valence-corrected chi connectivity index (χ3v) is 5.10. The van der Waals surface area contributed by atoms with E-state index in [9.17, 15) is 22.8 Å². The van der Waals surface area contributed by atoms with Crippen molar-refractivity contribution in [1.29, 1.82) is 0 Å². The lowest BCUT2D eigenvalue weighted by atomic mass is 10.1. The van der Waals surface area contributed by atoms with Crippen molar-refractivity contribution in [2.75, 3.05) is 13.2 Å². The number of aryl methyl sites for hydroxylation is 2. The van der Waals surface area contributed by atoms with Crippen LogP contribution in [0, 0.1) is 19.8 Å². The second-order valence-corrected chi connectivity index (χ2v) is 7.39. The third-order valence-electron chi connectivity index (χ3n) is 5.10. The lowest BCUT2D eigenvalue weighted by molar-refractivity contribution is -0.167. The lowest BCUT2D eigenvalue weighted by Crippen LogP contribution is -2.47. The predicted octanol–water partition coefficient (Wildman–Crippen LogP) is 3.59. The molecule has 0 spiro atoms. The molecule has 0 bridgehead atoms. The lowest BCUT2D eigenvalue weighted by Gasteiger charge is -2.30. The standard InChI is InChI=1S/C20H22F3N3O3/c1-11-12(2)25-17-8-15(6-7-16(17)24-11)19(28)29-9-18(27)26(10-20(21,22)23)13(3)14-4-5-14/h6-8,13-14H,4-5,9-10H2,1-3H3/t13-/m1/s1. The zero-order chi connectivity index (χ0) is 21.3. The molecule has 1 aliphatic rings. The molecule has 29 heavy (non-hydrogen) atoms. The molecule has 0 unspecified atom stereocenters. The fourth-order valence-corrected chi connectivity index (χ4v) is 3.14. The van der Waals surface area contributed by atoms with Crippen LogP contribution in [0.3, 0.4) is 0 Å². The topological polar surface area (TPSA) is 72.4 Å². The van der Waals surface area contributed by atoms with Gasteiger partial charge in [-0.1, -0.05) is 0 Å². The summed E-state index contributed by atoms with van der Waals surface area (Å²) in [5.41, 5.74) is 2.74. The molecule has 1 atom stereocenters. The molecule has 0 radical (unpaired) electrons. The number of halogens is 3. The van der Waals surface area contributed by atoms with Gasteiger partial charge in [0.15, 0.2) is 6.61 Å². The zero-order valence-corrected chi connectivity index (χ0v) is 16.4. The molecule has 2 aromatic rings. The smallest absolute Gasteiger partial charge is 0.406 e. The second kappa shape index (κ2) is 7.96. The number of hydrogen-bond acceptors (Lipinski definition) is 5. The summed E-state index contributed by atoms with van der Waals surface area (Å²) in [6.45, 7) is 3.11. The first-order valence-corrected chi connectivity index (χ1v) is 9.33. The number of amides is 1. The van der Waals surface area contributed by atoms with Gasteiger partial charge in [-0.05, 0) is 57.7 Å². The van der Waals surface area contributed by atoms with E-state index < -0.39 is 37.2 Å². The Morgan fingerprint density at radius 3 is 2.38 bits per heavy atom. The molecule has 156 valence electrons.